The lowest BCUT2D eigenvalue weighted by atomic mass is 9.78. The van der Waals surface area contributed by atoms with Crippen molar-refractivity contribution >= 4 is 38.9 Å². The van der Waals surface area contributed by atoms with Crippen LogP contribution in [0.1, 0.15) is 92.2 Å². The molecule has 0 aliphatic heterocycles. The van der Waals surface area contributed by atoms with Crippen molar-refractivity contribution in [2.75, 3.05) is 31.4 Å². The minimum absolute atomic E-state index is 0.0662. The van der Waals surface area contributed by atoms with Crippen LogP contribution in [0.25, 0.3) is 10.4 Å². The summed E-state index contributed by atoms with van der Waals surface area (Å²) in [4.78, 5) is 34.6. The van der Waals surface area contributed by atoms with Gasteiger partial charge in [0.05, 0.1) is 29.8 Å². The van der Waals surface area contributed by atoms with E-state index in [9.17, 15) is 18.0 Å². The first-order valence-electron chi connectivity index (χ1n) is 17.3. The SMILES string of the molecule is COc1ccc(C2CCC(CN(C(=O)C3CCC(NC(=O)CNS(C)(=O)=O)CC3)c3cccc(-c4cnc(C5CC5)s4)c3)CC2)cc1C. The highest BCUT2D eigenvalue weighted by Crippen LogP contribution is 2.44. The molecule has 2 aromatic carbocycles. The Bertz CT molecular complexity index is 1700. The molecule has 6 rings (SSSR count). The Morgan fingerprint density at radius 3 is 2.35 bits per heavy atom. The number of nitrogens with zero attached hydrogens (tertiary/aromatic N) is 2. The van der Waals surface area contributed by atoms with Gasteiger partial charge in [-0.2, -0.15) is 0 Å². The summed E-state index contributed by atoms with van der Waals surface area (Å²) in [6, 6.07) is 14.9. The van der Waals surface area contributed by atoms with Crippen molar-refractivity contribution in [3.05, 3.63) is 64.8 Å². The van der Waals surface area contributed by atoms with E-state index in [0.717, 1.165) is 53.8 Å². The molecule has 1 aromatic heterocycles. The molecular formula is C37H48N4O5S2. The van der Waals surface area contributed by atoms with E-state index in [1.54, 1.807) is 18.4 Å². The average Bonchev–Trinajstić information content (AvgIpc) is 3.82. The van der Waals surface area contributed by atoms with Crippen LogP contribution in [0.5, 0.6) is 5.75 Å². The smallest absolute Gasteiger partial charge is 0.235 e. The van der Waals surface area contributed by atoms with Crippen LogP contribution in [0.4, 0.5) is 5.69 Å². The molecule has 3 fully saturated rings. The molecule has 0 unspecified atom stereocenters. The molecule has 0 radical (unpaired) electrons. The first-order valence-corrected chi connectivity index (χ1v) is 20.0. The lowest BCUT2D eigenvalue weighted by Crippen LogP contribution is -2.46. The minimum Gasteiger partial charge on any atom is -0.496 e. The predicted octanol–water partition coefficient (Wildman–Crippen LogP) is 6.54. The topological polar surface area (TPSA) is 118 Å². The second-order valence-corrected chi connectivity index (χ2v) is 16.9. The fourth-order valence-corrected chi connectivity index (χ4v) is 8.84. The molecule has 0 spiro atoms. The number of sulfonamides is 1. The number of amides is 2. The molecule has 1 heterocycles. The van der Waals surface area contributed by atoms with E-state index in [-0.39, 0.29) is 30.3 Å². The first kappa shape index (κ1) is 34.6. The third kappa shape index (κ3) is 8.84. The number of ether oxygens (including phenoxy) is 1. The van der Waals surface area contributed by atoms with Gasteiger partial charge in [0.1, 0.15) is 5.75 Å². The minimum atomic E-state index is -3.44. The van der Waals surface area contributed by atoms with Gasteiger partial charge < -0.3 is 15.0 Å². The molecular weight excluding hydrogens is 645 g/mol. The van der Waals surface area contributed by atoms with Gasteiger partial charge in [0.15, 0.2) is 0 Å². The maximum Gasteiger partial charge on any atom is 0.235 e. The van der Waals surface area contributed by atoms with E-state index in [4.69, 9.17) is 9.72 Å². The number of anilines is 1. The highest BCUT2D eigenvalue weighted by Gasteiger charge is 2.33. The summed E-state index contributed by atoms with van der Waals surface area (Å²) in [6.45, 7) is 2.52. The Labute approximate surface area is 288 Å². The number of hydrogen-bond acceptors (Lipinski definition) is 7. The second kappa shape index (κ2) is 15.1. The highest BCUT2D eigenvalue weighted by atomic mass is 32.2. The Balaban J connectivity index is 1.14. The van der Waals surface area contributed by atoms with Gasteiger partial charge >= 0.3 is 0 Å². The maximum absolute atomic E-state index is 14.4. The third-order valence-electron chi connectivity index (χ3n) is 10.3. The Hall–Kier alpha value is -3.28. The van der Waals surface area contributed by atoms with E-state index in [1.165, 1.54) is 29.0 Å². The van der Waals surface area contributed by atoms with E-state index < -0.39 is 10.0 Å². The van der Waals surface area contributed by atoms with Crippen molar-refractivity contribution < 1.29 is 22.7 Å². The lowest BCUT2D eigenvalue weighted by Gasteiger charge is -2.36. The summed E-state index contributed by atoms with van der Waals surface area (Å²) in [5, 5.41) is 4.15. The van der Waals surface area contributed by atoms with Crippen LogP contribution >= 0.6 is 11.3 Å². The Morgan fingerprint density at radius 2 is 1.69 bits per heavy atom. The molecule has 48 heavy (non-hydrogen) atoms. The summed E-state index contributed by atoms with van der Waals surface area (Å²) >= 11 is 1.77. The fraction of sp³-hybridized carbons (Fsp3) is 0.541. The van der Waals surface area contributed by atoms with E-state index in [0.29, 0.717) is 50.0 Å². The summed E-state index contributed by atoms with van der Waals surface area (Å²) in [5.74, 6) is 2.15. The lowest BCUT2D eigenvalue weighted by molar-refractivity contribution is -0.123. The normalized spacial score (nSPS) is 23.0. The zero-order valence-corrected chi connectivity index (χ0v) is 29.9. The van der Waals surface area contributed by atoms with Gasteiger partial charge in [-0.15, -0.1) is 11.3 Å². The maximum atomic E-state index is 14.4. The van der Waals surface area contributed by atoms with Gasteiger partial charge in [-0.05, 0) is 118 Å². The van der Waals surface area contributed by atoms with E-state index in [1.807, 2.05) is 6.20 Å². The number of carbonyl (C=O) groups excluding carboxylic acids is 2. The van der Waals surface area contributed by atoms with Crippen LogP contribution in [0, 0.1) is 18.8 Å². The fourth-order valence-electron chi connectivity index (χ4n) is 7.36. The first-order chi connectivity index (χ1) is 23.1. The van der Waals surface area contributed by atoms with Crippen LogP contribution in [-0.4, -0.2) is 57.7 Å². The Kier molecular flexibility index (Phi) is 10.9. The van der Waals surface area contributed by atoms with Crippen LogP contribution in [0.2, 0.25) is 0 Å². The summed E-state index contributed by atoms with van der Waals surface area (Å²) in [7, 11) is -1.73. The molecule has 0 atom stereocenters. The van der Waals surface area contributed by atoms with Gasteiger partial charge in [0, 0.05) is 36.3 Å². The number of thiazole rings is 1. The standard InChI is InChI=1S/C37H48N4O5S2/c1-24-19-29(15-18-33(24)46-2)26-9-7-25(8-10-26)23-41(32-6-4-5-30(20-32)34-21-38-36(47-34)27-11-12-27)37(43)28-13-16-31(17-14-28)40-35(42)22-39-48(3,44)45/h4-6,15,18-21,25-28,31,39H,7-14,16-17,22-23H2,1-3H3,(H,40,42). The van der Waals surface area contributed by atoms with Crippen molar-refractivity contribution in [2.45, 2.75) is 89.0 Å². The third-order valence-corrected chi connectivity index (χ3v) is 12.2. The molecule has 11 heteroatoms. The number of aromatic nitrogens is 1. The molecule has 2 N–H and O–H groups in total. The van der Waals surface area contributed by atoms with Crippen molar-refractivity contribution in [3.8, 4) is 16.2 Å². The summed E-state index contributed by atoms with van der Waals surface area (Å²) in [6.07, 6.45) is 12.5. The molecule has 3 aliphatic rings. The van der Waals surface area contributed by atoms with Crippen molar-refractivity contribution in [1.82, 2.24) is 15.0 Å². The zero-order valence-electron chi connectivity index (χ0n) is 28.2. The van der Waals surface area contributed by atoms with E-state index >= 15 is 0 Å². The molecule has 3 saturated carbocycles. The second-order valence-electron chi connectivity index (χ2n) is 14.0. The zero-order chi connectivity index (χ0) is 33.8. The highest BCUT2D eigenvalue weighted by molar-refractivity contribution is 7.88. The van der Waals surface area contributed by atoms with Crippen molar-refractivity contribution in [3.63, 3.8) is 0 Å². The summed E-state index contributed by atoms with van der Waals surface area (Å²) < 4.78 is 30.5. The Morgan fingerprint density at radius 1 is 0.958 bits per heavy atom. The van der Waals surface area contributed by atoms with Gasteiger partial charge in [0.25, 0.3) is 0 Å². The largest absolute Gasteiger partial charge is 0.496 e. The van der Waals surface area contributed by atoms with Crippen molar-refractivity contribution in [2.24, 2.45) is 11.8 Å². The van der Waals surface area contributed by atoms with Gasteiger partial charge in [-0.25, -0.2) is 18.1 Å². The van der Waals surface area contributed by atoms with Crippen LogP contribution < -0.4 is 19.7 Å². The number of carbonyl (C=O) groups is 2. The molecule has 258 valence electrons. The van der Waals surface area contributed by atoms with Gasteiger partial charge in [-0.3, -0.25) is 9.59 Å². The number of methoxy groups -OCH3 is 1. The molecule has 2 amide bonds. The number of benzene rings is 2. The van der Waals surface area contributed by atoms with Gasteiger partial charge in [-0.1, -0.05) is 24.3 Å². The molecule has 0 saturated heterocycles. The average molecular weight is 693 g/mol. The number of rotatable bonds is 12. The predicted molar refractivity (Wildman–Crippen MR) is 191 cm³/mol. The number of aryl methyl sites for hydroxylation is 1. The molecule has 3 aromatic rings. The molecule has 0 bridgehead atoms. The van der Waals surface area contributed by atoms with E-state index in [2.05, 4.69) is 64.3 Å². The molecule has 3 aliphatic carbocycles. The van der Waals surface area contributed by atoms with Crippen LogP contribution in [-0.2, 0) is 19.6 Å². The number of hydrogen-bond donors (Lipinski definition) is 2. The van der Waals surface area contributed by atoms with Crippen molar-refractivity contribution in [1.29, 1.82) is 0 Å². The molecule has 9 nitrogen and oxygen atoms in total. The van der Waals surface area contributed by atoms with Crippen LogP contribution in [0.3, 0.4) is 0 Å². The summed E-state index contributed by atoms with van der Waals surface area (Å²) in [5.41, 5.74) is 4.58. The van der Waals surface area contributed by atoms with Gasteiger partial charge in [0.2, 0.25) is 21.8 Å². The number of nitrogens with one attached hydrogen (secondary N) is 2. The van der Waals surface area contributed by atoms with Crippen LogP contribution in [0.15, 0.2) is 48.7 Å². The monoisotopic (exact) mass is 692 g/mol. The quantitative estimate of drug-likeness (QED) is 0.223.